The zero-order valence-electron chi connectivity index (χ0n) is 11.7. The SMILES string of the molecule is CCCN(C1CCNCC1)S(=O)(=O)N1CCCC1.Cl. The first-order valence-electron chi connectivity index (χ1n) is 7.14. The van der Waals surface area contributed by atoms with E-state index in [1.54, 1.807) is 8.61 Å². The van der Waals surface area contributed by atoms with Crippen LogP contribution in [-0.4, -0.2) is 55.8 Å². The van der Waals surface area contributed by atoms with E-state index in [0.717, 1.165) is 45.2 Å². The van der Waals surface area contributed by atoms with Gasteiger partial charge in [0.05, 0.1) is 0 Å². The molecule has 0 aromatic carbocycles. The van der Waals surface area contributed by atoms with Crippen molar-refractivity contribution >= 4 is 22.6 Å². The Morgan fingerprint density at radius 3 is 2.32 bits per heavy atom. The number of hydrogen-bond donors (Lipinski definition) is 1. The van der Waals surface area contributed by atoms with Gasteiger partial charge in [-0.15, -0.1) is 12.4 Å². The van der Waals surface area contributed by atoms with Crippen molar-refractivity contribution in [1.82, 2.24) is 13.9 Å². The van der Waals surface area contributed by atoms with Crippen LogP contribution < -0.4 is 5.32 Å². The van der Waals surface area contributed by atoms with Gasteiger partial charge in [0.25, 0.3) is 10.2 Å². The molecule has 0 spiro atoms. The van der Waals surface area contributed by atoms with Gasteiger partial charge >= 0.3 is 0 Å². The zero-order chi connectivity index (χ0) is 13.0. The van der Waals surface area contributed by atoms with Crippen LogP contribution in [0, 0.1) is 0 Å². The van der Waals surface area contributed by atoms with Crippen molar-refractivity contribution in [2.75, 3.05) is 32.7 Å². The molecule has 114 valence electrons. The molecule has 2 aliphatic heterocycles. The smallest absolute Gasteiger partial charge is 0.282 e. The van der Waals surface area contributed by atoms with Crippen LogP contribution in [0.1, 0.15) is 39.0 Å². The Hall–Kier alpha value is 0.120. The molecule has 2 fully saturated rings. The van der Waals surface area contributed by atoms with Crippen LogP contribution in [0.5, 0.6) is 0 Å². The van der Waals surface area contributed by atoms with Crippen molar-refractivity contribution in [3.8, 4) is 0 Å². The van der Waals surface area contributed by atoms with Gasteiger partial charge in [0.2, 0.25) is 0 Å². The fraction of sp³-hybridized carbons (Fsp3) is 1.00. The van der Waals surface area contributed by atoms with E-state index >= 15 is 0 Å². The third-order valence-corrected chi connectivity index (χ3v) is 5.94. The molecule has 19 heavy (non-hydrogen) atoms. The van der Waals surface area contributed by atoms with Crippen LogP contribution in [0.4, 0.5) is 0 Å². The molecular weight excluding hydrogens is 286 g/mol. The van der Waals surface area contributed by atoms with Gasteiger partial charge in [-0.2, -0.15) is 17.0 Å². The van der Waals surface area contributed by atoms with Crippen molar-refractivity contribution in [3.63, 3.8) is 0 Å². The van der Waals surface area contributed by atoms with E-state index in [-0.39, 0.29) is 18.4 Å². The highest BCUT2D eigenvalue weighted by molar-refractivity contribution is 7.86. The molecular formula is C12H26ClN3O2S. The second-order valence-electron chi connectivity index (χ2n) is 5.21. The molecule has 2 saturated heterocycles. The van der Waals surface area contributed by atoms with Gasteiger partial charge in [0.15, 0.2) is 0 Å². The van der Waals surface area contributed by atoms with Gasteiger partial charge in [-0.3, -0.25) is 0 Å². The van der Waals surface area contributed by atoms with Crippen LogP contribution in [0.3, 0.4) is 0 Å². The maximum absolute atomic E-state index is 12.7. The Kier molecular flexibility index (Phi) is 7.04. The first kappa shape index (κ1) is 17.2. The number of rotatable bonds is 5. The maximum atomic E-state index is 12.7. The minimum absolute atomic E-state index is 0. The van der Waals surface area contributed by atoms with Crippen molar-refractivity contribution in [2.45, 2.75) is 45.1 Å². The Morgan fingerprint density at radius 1 is 1.21 bits per heavy atom. The van der Waals surface area contributed by atoms with E-state index in [2.05, 4.69) is 5.32 Å². The Labute approximate surface area is 123 Å². The van der Waals surface area contributed by atoms with Gasteiger partial charge < -0.3 is 5.32 Å². The minimum atomic E-state index is -3.22. The van der Waals surface area contributed by atoms with E-state index in [4.69, 9.17) is 0 Å². The third kappa shape index (κ3) is 4.04. The molecule has 2 rings (SSSR count). The van der Waals surface area contributed by atoms with Crippen molar-refractivity contribution in [3.05, 3.63) is 0 Å². The summed E-state index contributed by atoms with van der Waals surface area (Å²) in [6.07, 6.45) is 4.77. The van der Waals surface area contributed by atoms with Crippen LogP contribution in [0.15, 0.2) is 0 Å². The zero-order valence-corrected chi connectivity index (χ0v) is 13.3. The molecule has 2 aliphatic rings. The summed E-state index contributed by atoms with van der Waals surface area (Å²) < 4.78 is 28.7. The lowest BCUT2D eigenvalue weighted by molar-refractivity contribution is 0.246. The van der Waals surface area contributed by atoms with Crippen LogP contribution in [0.25, 0.3) is 0 Å². The minimum Gasteiger partial charge on any atom is -0.317 e. The lowest BCUT2D eigenvalue weighted by atomic mass is 10.1. The average molecular weight is 312 g/mol. The maximum Gasteiger partial charge on any atom is 0.282 e. The van der Waals surface area contributed by atoms with Crippen molar-refractivity contribution in [2.24, 2.45) is 0 Å². The lowest BCUT2D eigenvalue weighted by Gasteiger charge is -2.35. The van der Waals surface area contributed by atoms with Gasteiger partial charge in [0, 0.05) is 25.7 Å². The fourth-order valence-corrected chi connectivity index (χ4v) is 4.89. The molecule has 0 aromatic rings. The Morgan fingerprint density at radius 2 is 1.79 bits per heavy atom. The fourth-order valence-electron chi connectivity index (χ4n) is 2.87. The van der Waals surface area contributed by atoms with Crippen molar-refractivity contribution < 1.29 is 8.42 Å². The lowest BCUT2D eigenvalue weighted by Crippen LogP contribution is -2.51. The predicted octanol–water partition coefficient (Wildman–Crippen LogP) is 1.21. The standard InChI is InChI=1S/C12H25N3O2S.ClH/c1-2-9-15(12-5-7-13-8-6-12)18(16,17)14-10-3-4-11-14;/h12-13H,2-11H2,1H3;1H. The number of nitrogens with one attached hydrogen (secondary N) is 1. The number of piperidine rings is 1. The summed E-state index contributed by atoms with van der Waals surface area (Å²) in [6.45, 7) is 5.97. The highest BCUT2D eigenvalue weighted by Gasteiger charge is 2.35. The second kappa shape index (κ2) is 7.78. The molecule has 0 saturated carbocycles. The molecule has 0 aliphatic carbocycles. The molecule has 2 heterocycles. The summed E-state index contributed by atoms with van der Waals surface area (Å²) >= 11 is 0. The van der Waals surface area contributed by atoms with Gasteiger partial charge in [-0.25, -0.2) is 0 Å². The molecule has 7 heteroatoms. The monoisotopic (exact) mass is 311 g/mol. The molecule has 0 unspecified atom stereocenters. The Balaban J connectivity index is 0.00000180. The molecule has 0 atom stereocenters. The number of halogens is 1. The number of nitrogens with zero attached hydrogens (tertiary/aromatic N) is 2. The molecule has 0 radical (unpaired) electrons. The largest absolute Gasteiger partial charge is 0.317 e. The van der Waals surface area contributed by atoms with Crippen LogP contribution in [0.2, 0.25) is 0 Å². The van der Waals surface area contributed by atoms with E-state index in [1.165, 1.54) is 0 Å². The van der Waals surface area contributed by atoms with Crippen LogP contribution >= 0.6 is 12.4 Å². The van der Waals surface area contributed by atoms with Crippen molar-refractivity contribution in [1.29, 1.82) is 0 Å². The summed E-state index contributed by atoms with van der Waals surface area (Å²) in [6, 6.07) is 0.191. The first-order valence-corrected chi connectivity index (χ1v) is 8.53. The summed E-state index contributed by atoms with van der Waals surface area (Å²) in [5, 5.41) is 3.30. The average Bonchev–Trinajstić information content (AvgIpc) is 2.91. The third-order valence-electron chi connectivity index (χ3n) is 3.85. The topological polar surface area (TPSA) is 52.7 Å². The van der Waals surface area contributed by atoms with E-state index in [1.807, 2.05) is 6.92 Å². The molecule has 0 amide bonds. The summed E-state index contributed by atoms with van der Waals surface area (Å²) in [4.78, 5) is 0. The first-order chi connectivity index (χ1) is 8.66. The van der Waals surface area contributed by atoms with E-state index in [9.17, 15) is 8.42 Å². The summed E-state index contributed by atoms with van der Waals surface area (Å²) in [5.74, 6) is 0. The normalized spacial score (nSPS) is 22.6. The molecule has 5 nitrogen and oxygen atoms in total. The van der Waals surface area contributed by atoms with E-state index in [0.29, 0.717) is 19.6 Å². The van der Waals surface area contributed by atoms with E-state index < -0.39 is 10.2 Å². The quantitative estimate of drug-likeness (QED) is 0.830. The van der Waals surface area contributed by atoms with Gasteiger partial charge in [0.1, 0.15) is 0 Å². The summed E-state index contributed by atoms with van der Waals surface area (Å²) in [5.41, 5.74) is 0. The number of hydrogen-bond acceptors (Lipinski definition) is 3. The van der Waals surface area contributed by atoms with Gasteiger partial charge in [-0.05, 0) is 45.2 Å². The van der Waals surface area contributed by atoms with Crippen LogP contribution in [-0.2, 0) is 10.2 Å². The Bertz CT molecular complexity index is 352. The molecule has 1 N–H and O–H groups in total. The highest BCUT2D eigenvalue weighted by atomic mass is 35.5. The molecule has 0 bridgehead atoms. The molecule has 0 aromatic heterocycles. The summed E-state index contributed by atoms with van der Waals surface area (Å²) in [7, 11) is -3.22. The van der Waals surface area contributed by atoms with Gasteiger partial charge in [-0.1, -0.05) is 6.92 Å². The predicted molar refractivity (Wildman–Crippen MR) is 79.9 cm³/mol. The highest BCUT2D eigenvalue weighted by Crippen LogP contribution is 2.22. The second-order valence-corrected chi connectivity index (χ2v) is 7.09.